The van der Waals surface area contributed by atoms with E-state index in [2.05, 4.69) is 17.1 Å². The van der Waals surface area contributed by atoms with Crippen LogP contribution in [0, 0.1) is 18.3 Å². The Morgan fingerprint density at radius 2 is 1.97 bits per heavy atom. The Balaban J connectivity index is 2.02. The molecule has 1 N–H and O–H groups in total. The first kappa shape index (κ1) is 22.8. The van der Waals surface area contributed by atoms with E-state index in [0.717, 1.165) is 22.4 Å². The fraction of sp³-hybridized carbons (Fsp3) is 0.190. The van der Waals surface area contributed by atoms with Crippen LogP contribution >= 0.6 is 23.1 Å². The number of hydrogen-bond donors (Lipinski definition) is 1. The highest BCUT2D eigenvalue weighted by molar-refractivity contribution is 7.98. The van der Waals surface area contributed by atoms with Gasteiger partial charge < -0.3 is 4.90 Å². The lowest BCUT2D eigenvalue weighted by Crippen LogP contribution is -2.30. The van der Waals surface area contributed by atoms with Gasteiger partial charge in [0.2, 0.25) is 10.0 Å². The van der Waals surface area contributed by atoms with Crippen LogP contribution < -0.4 is 9.62 Å². The van der Waals surface area contributed by atoms with Crippen molar-refractivity contribution < 1.29 is 13.2 Å². The van der Waals surface area contributed by atoms with Crippen LogP contribution in [0.5, 0.6) is 0 Å². The summed E-state index contributed by atoms with van der Waals surface area (Å²) < 4.78 is 24.9. The molecular weight excluding hydrogens is 452 g/mol. The van der Waals surface area contributed by atoms with Crippen molar-refractivity contribution >= 4 is 49.8 Å². The first-order valence-electron chi connectivity index (χ1n) is 9.10. The number of carbonyl (C=O) groups is 1. The number of anilines is 2. The van der Waals surface area contributed by atoms with Crippen molar-refractivity contribution in [2.24, 2.45) is 0 Å². The Morgan fingerprint density at radius 1 is 1.26 bits per heavy atom. The fourth-order valence-corrected chi connectivity index (χ4v) is 4.71. The van der Waals surface area contributed by atoms with Gasteiger partial charge in [0.25, 0.3) is 5.91 Å². The van der Waals surface area contributed by atoms with E-state index in [9.17, 15) is 13.2 Å². The summed E-state index contributed by atoms with van der Waals surface area (Å²) in [6, 6.07) is 17.3. The third kappa shape index (κ3) is 5.85. The number of amides is 1. The number of nitrogens with zero attached hydrogens (tertiary/aromatic N) is 3. The van der Waals surface area contributed by atoms with Gasteiger partial charge in [-0.15, -0.1) is 23.1 Å². The van der Waals surface area contributed by atoms with Gasteiger partial charge in [-0.3, -0.25) is 4.79 Å². The van der Waals surface area contributed by atoms with E-state index in [1.807, 2.05) is 46.2 Å². The Hall–Kier alpha value is -2.87. The maximum absolute atomic E-state index is 12.4. The smallest absolute Gasteiger partial charge is 0.284 e. The summed E-state index contributed by atoms with van der Waals surface area (Å²) in [6.07, 6.45) is 2.93. The number of rotatable bonds is 7. The van der Waals surface area contributed by atoms with Crippen molar-refractivity contribution in [3.63, 3.8) is 0 Å². The maximum Gasteiger partial charge on any atom is 0.284 e. The average Bonchev–Trinajstić information content (AvgIpc) is 3.12. The zero-order valence-electron chi connectivity index (χ0n) is 17.1. The molecule has 7 nitrogen and oxygen atoms in total. The standard InChI is InChI=1S/C21H20N4O3S3/c1-14-19(20(26)24-31(3,27)28)23-21(30-14)25(17-9-7-15(12-22)8-10-17)13-16-5-4-6-18(11-16)29-2/h4-11H,13H2,1-3H3,(H,24,26). The number of hydrogen-bond acceptors (Lipinski definition) is 8. The maximum atomic E-state index is 12.4. The third-order valence-corrected chi connectivity index (χ3v) is 6.57. The molecule has 0 saturated heterocycles. The van der Waals surface area contributed by atoms with Gasteiger partial charge in [-0.25, -0.2) is 18.1 Å². The topological polar surface area (TPSA) is 103 Å². The second kappa shape index (κ2) is 9.51. The zero-order chi connectivity index (χ0) is 22.6. The summed E-state index contributed by atoms with van der Waals surface area (Å²) in [5.41, 5.74) is 2.46. The van der Waals surface area contributed by atoms with Crippen molar-refractivity contribution in [1.82, 2.24) is 9.71 Å². The minimum Gasteiger partial charge on any atom is -0.313 e. The van der Waals surface area contributed by atoms with Crippen LogP contribution in [0.25, 0.3) is 0 Å². The molecule has 0 radical (unpaired) electrons. The van der Waals surface area contributed by atoms with Gasteiger partial charge >= 0.3 is 0 Å². The fourth-order valence-electron chi connectivity index (χ4n) is 2.86. The van der Waals surface area contributed by atoms with E-state index in [4.69, 9.17) is 5.26 Å². The molecule has 3 rings (SSSR count). The predicted octanol–water partition coefficient (Wildman–Crippen LogP) is 4.07. The monoisotopic (exact) mass is 472 g/mol. The Morgan fingerprint density at radius 3 is 2.58 bits per heavy atom. The van der Waals surface area contributed by atoms with Crippen LogP contribution in [-0.4, -0.2) is 31.8 Å². The molecule has 0 aliphatic rings. The number of benzene rings is 2. The number of thiazole rings is 1. The lowest BCUT2D eigenvalue weighted by molar-refractivity contribution is 0.0977. The molecule has 1 heterocycles. The molecule has 0 aliphatic carbocycles. The average molecular weight is 473 g/mol. The Kier molecular flexibility index (Phi) is 7.00. The van der Waals surface area contributed by atoms with Crippen LogP contribution in [0.15, 0.2) is 53.4 Å². The molecule has 0 bridgehead atoms. The van der Waals surface area contributed by atoms with Gasteiger partial charge in [0.05, 0.1) is 24.4 Å². The van der Waals surface area contributed by atoms with Gasteiger partial charge in [-0.2, -0.15) is 5.26 Å². The minimum absolute atomic E-state index is 0.0712. The Labute approximate surface area is 189 Å². The molecule has 1 amide bonds. The number of sulfonamides is 1. The molecule has 3 aromatic rings. The van der Waals surface area contributed by atoms with Crippen LogP contribution in [-0.2, 0) is 16.6 Å². The van der Waals surface area contributed by atoms with E-state index in [1.165, 1.54) is 11.3 Å². The molecule has 31 heavy (non-hydrogen) atoms. The minimum atomic E-state index is -3.70. The van der Waals surface area contributed by atoms with E-state index < -0.39 is 15.9 Å². The van der Waals surface area contributed by atoms with Crippen molar-refractivity contribution in [1.29, 1.82) is 5.26 Å². The molecule has 160 valence electrons. The summed E-state index contributed by atoms with van der Waals surface area (Å²) in [7, 11) is -3.70. The van der Waals surface area contributed by atoms with Gasteiger partial charge in [0, 0.05) is 15.5 Å². The second-order valence-corrected chi connectivity index (χ2v) is 10.5. The second-order valence-electron chi connectivity index (χ2n) is 6.70. The molecule has 2 aromatic carbocycles. The highest BCUT2D eigenvalue weighted by Crippen LogP contribution is 2.33. The predicted molar refractivity (Wildman–Crippen MR) is 124 cm³/mol. The summed E-state index contributed by atoms with van der Waals surface area (Å²) in [6.45, 7) is 2.21. The van der Waals surface area contributed by atoms with Gasteiger partial charge in [-0.05, 0) is 55.1 Å². The lowest BCUT2D eigenvalue weighted by Gasteiger charge is -2.22. The number of thioether (sulfide) groups is 1. The summed E-state index contributed by atoms with van der Waals surface area (Å²) in [5, 5.41) is 9.65. The molecule has 1 aromatic heterocycles. The highest BCUT2D eigenvalue weighted by Gasteiger charge is 2.22. The molecule has 0 aliphatic heterocycles. The van der Waals surface area contributed by atoms with Gasteiger partial charge in [-0.1, -0.05) is 12.1 Å². The SMILES string of the molecule is CSc1cccc(CN(c2ccc(C#N)cc2)c2nc(C(=O)NS(C)(=O)=O)c(C)s2)c1. The van der Waals surface area contributed by atoms with Gasteiger partial charge in [0.1, 0.15) is 5.69 Å². The van der Waals surface area contributed by atoms with Gasteiger partial charge in [0.15, 0.2) is 5.13 Å². The highest BCUT2D eigenvalue weighted by atomic mass is 32.2. The molecule has 0 unspecified atom stereocenters. The van der Waals surface area contributed by atoms with Crippen molar-refractivity contribution in [2.75, 3.05) is 17.4 Å². The molecule has 0 spiro atoms. The van der Waals surface area contributed by atoms with E-state index in [1.54, 1.807) is 30.8 Å². The largest absolute Gasteiger partial charge is 0.313 e. The van der Waals surface area contributed by atoms with E-state index in [-0.39, 0.29) is 5.69 Å². The van der Waals surface area contributed by atoms with Crippen LogP contribution in [0.1, 0.15) is 26.5 Å². The molecule has 0 saturated carbocycles. The summed E-state index contributed by atoms with van der Waals surface area (Å²) in [5.74, 6) is -0.758. The van der Waals surface area contributed by atoms with Crippen molar-refractivity contribution in [2.45, 2.75) is 18.4 Å². The molecule has 10 heteroatoms. The number of nitriles is 1. The van der Waals surface area contributed by atoms with Crippen molar-refractivity contribution in [3.8, 4) is 6.07 Å². The van der Waals surface area contributed by atoms with Crippen LogP contribution in [0.4, 0.5) is 10.8 Å². The Bertz CT molecular complexity index is 1250. The molecule has 0 fully saturated rings. The first-order valence-corrected chi connectivity index (χ1v) is 13.0. The number of aryl methyl sites for hydroxylation is 1. The number of aromatic nitrogens is 1. The van der Waals surface area contributed by atoms with Crippen LogP contribution in [0.3, 0.4) is 0 Å². The van der Waals surface area contributed by atoms with Crippen LogP contribution in [0.2, 0.25) is 0 Å². The first-order chi connectivity index (χ1) is 14.7. The summed E-state index contributed by atoms with van der Waals surface area (Å²) in [4.78, 5) is 20.5. The normalized spacial score (nSPS) is 11.0. The number of nitrogens with one attached hydrogen (secondary N) is 1. The third-order valence-electron chi connectivity index (χ3n) is 4.29. The molecule has 0 atom stereocenters. The van der Waals surface area contributed by atoms with Crippen molar-refractivity contribution in [3.05, 3.63) is 70.2 Å². The van der Waals surface area contributed by atoms with E-state index >= 15 is 0 Å². The quantitative estimate of drug-likeness (QED) is 0.517. The zero-order valence-corrected chi connectivity index (χ0v) is 19.6. The molecular formula is C21H20N4O3S3. The van der Waals surface area contributed by atoms with E-state index in [0.29, 0.717) is 22.1 Å². The summed E-state index contributed by atoms with van der Waals surface area (Å²) >= 11 is 2.94. The number of carbonyl (C=O) groups excluding carboxylic acids is 1. The lowest BCUT2D eigenvalue weighted by atomic mass is 10.2.